The molecule has 3 heterocycles. The molecular weight excluding hydrogens is 398 g/mol. The van der Waals surface area contributed by atoms with Crippen LogP contribution in [0, 0.1) is 0 Å². The molecule has 0 unspecified atom stereocenters. The predicted octanol–water partition coefficient (Wildman–Crippen LogP) is 4.87. The Morgan fingerprint density at radius 3 is 2.56 bits per heavy atom. The van der Waals surface area contributed by atoms with Gasteiger partial charge in [-0.05, 0) is 55.8 Å². The molecule has 6 heteroatoms. The number of aromatic nitrogens is 3. The largest absolute Gasteiger partial charge is 0.322 e. The number of piperidine rings is 1. The molecule has 0 atom stereocenters. The highest BCUT2D eigenvalue weighted by molar-refractivity contribution is 6.13. The first-order valence-electron chi connectivity index (χ1n) is 11.2. The van der Waals surface area contributed by atoms with E-state index in [1.54, 1.807) is 10.9 Å². The highest BCUT2D eigenvalue weighted by atomic mass is 16.1. The second kappa shape index (κ2) is 8.93. The van der Waals surface area contributed by atoms with E-state index in [1.165, 1.54) is 37.9 Å². The number of pyridine rings is 1. The third-order valence-electron chi connectivity index (χ3n) is 6.03. The summed E-state index contributed by atoms with van der Waals surface area (Å²) in [6, 6.07) is 17.8. The third-order valence-corrected chi connectivity index (χ3v) is 6.03. The SMILES string of the molecule is Cn1cc(-c2cc(C(=O)Nc3ccc(CN4CCCCC4)cc3)c3ccccc3n2)cn1. The standard InChI is InChI=1S/C26H27N5O/c1-30-18-20(16-27-30)25-15-23(22-7-3-4-8-24(22)29-25)26(32)28-21-11-9-19(10-12-21)17-31-13-5-2-6-14-31/h3-4,7-12,15-16,18H,2,5-6,13-14,17H2,1H3,(H,28,32). The summed E-state index contributed by atoms with van der Waals surface area (Å²) >= 11 is 0. The quantitative estimate of drug-likeness (QED) is 0.495. The Morgan fingerprint density at radius 1 is 1.03 bits per heavy atom. The van der Waals surface area contributed by atoms with Gasteiger partial charge < -0.3 is 5.32 Å². The lowest BCUT2D eigenvalue weighted by atomic mass is 10.0. The molecule has 32 heavy (non-hydrogen) atoms. The fourth-order valence-corrected chi connectivity index (χ4v) is 4.33. The van der Waals surface area contributed by atoms with Crippen molar-refractivity contribution in [3.8, 4) is 11.3 Å². The fourth-order valence-electron chi connectivity index (χ4n) is 4.33. The average molecular weight is 426 g/mol. The minimum atomic E-state index is -0.141. The van der Waals surface area contributed by atoms with E-state index in [0.717, 1.165) is 34.4 Å². The van der Waals surface area contributed by atoms with Gasteiger partial charge >= 0.3 is 0 Å². The van der Waals surface area contributed by atoms with Crippen LogP contribution in [0.15, 0.2) is 67.0 Å². The van der Waals surface area contributed by atoms with E-state index >= 15 is 0 Å². The minimum Gasteiger partial charge on any atom is -0.322 e. The normalized spacial score (nSPS) is 14.5. The molecule has 1 N–H and O–H groups in total. The summed E-state index contributed by atoms with van der Waals surface area (Å²) < 4.78 is 1.73. The van der Waals surface area contributed by atoms with Gasteiger partial charge in [-0.15, -0.1) is 0 Å². The van der Waals surface area contributed by atoms with Crippen molar-refractivity contribution in [3.63, 3.8) is 0 Å². The van der Waals surface area contributed by atoms with E-state index in [0.29, 0.717) is 5.56 Å². The summed E-state index contributed by atoms with van der Waals surface area (Å²) in [5.74, 6) is -0.141. The molecule has 4 aromatic rings. The molecule has 2 aromatic heterocycles. The van der Waals surface area contributed by atoms with Crippen LogP contribution in [0.25, 0.3) is 22.2 Å². The van der Waals surface area contributed by atoms with Crippen LogP contribution in [-0.2, 0) is 13.6 Å². The number of para-hydroxylation sites is 1. The molecule has 1 aliphatic rings. The van der Waals surface area contributed by atoms with Crippen molar-refractivity contribution in [2.24, 2.45) is 7.05 Å². The molecule has 0 saturated carbocycles. The first-order valence-corrected chi connectivity index (χ1v) is 11.2. The molecule has 2 aromatic carbocycles. The summed E-state index contributed by atoms with van der Waals surface area (Å²) in [4.78, 5) is 20.5. The summed E-state index contributed by atoms with van der Waals surface area (Å²) in [7, 11) is 1.87. The maximum atomic E-state index is 13.3. The number of aryl methyl sites for hydroxylation is 1. The first-order chi connectivity index (χ1) is 15.7. The van der Waals surface area contributed by atoms with E-state index in [2.05, 4.69) is 27.4 Å². The Bertz CT molecular complexity index is 1240. The van der Waals surface area contributed by atoms with Crippen molar-refractivity contribution >= 4 is 22.5 Å². The number of rotatable bonds is 5. The zero-order chi connectivity index (χ0) is 21.9. The van der Waals surface area contributed by atoms with Gasteiger partial charge in [0.05, 0.1) is 23.0 Å². The Morgan fingerprint density at radius 2 is 1.81 bits per heavy atom. The van der Waals surface area contributed by atoms with Crippen molar-refractivity contribution in [1.29, 1.82) is 0 Å². The molecule has 1 saturated heterocycles. The maximum Gasteiger partial charge on any atom is 0.256 e. The van der Waals surface area contributed by atoms with Crippen molar-refractivity contribution in [2.75, 3.05) is 18.4 Å². The number of hydrogen-bond acceptors (Lipinski definition) is 4. The van der Waals surface area contributed by atoms with Crippen LogP contribution in [-0.4, -0.2) is 38.7 Å². The summed E-state index contributed by atoms with van der Waals surface area (Å²) in [6.07, 6.45) is 7.58. The second-order valence-corrected chi connectivity index (χ2v) is 8.46. The van der Waals surface area contributed by atoms with Gasteiger partial charge in [-0.1, -0.05) is 36.8 Å². The molecule has 0 bridgehead atoms. The number of benzene rings is 2. The van der Waals surface area contributed by atoms with Crippen LogP contribution in [0.1, 0.15) is 35.2 Å². The lowest BCUT2D eigenvalue weighted by Gasteiger charge is -2.26. The van der Waals surface area contributed by atoms with Crippen LogP contribution in [0.5, 0.6) is 0 Å². The number of carbonyl (C=O) groups excluding carboxylic acids is 1. The summed E-state index contributed by atoms with van der Waals surface area (Å²) in [5.41, 5.74) is 5.08. The highest BCUT2D eigenvalue weighted by Crippen LogP contribution is 2.25. The van der Waals surface area contributed by atoms with Crippen LogP contribution >= 0.6 is 0 Å². The fraction of sp³-hybridized carbons (Fsp3) is 0.269. The number of amides is 1. The number of anilines is 1. The maximum absolute atomic E-state index is 13.3. The number of nitrogens with zero attached hydrogens (tertiary/aromatic N) is 4. The Labute approximate surface area is 187 Å². The molecule has 1 amide bonds. The smallest absolute Gasteiger partial charge is 0.256 e. The summed E-state index contributed by atoms with van der Waals surface area (Å²) in [6.45, 7) is 3.32. The number of nitrogens with one attached hydrogen (secondary N) is 1. The average Bonchev–Trinajstić information content (AvgIpc) is 3.26. The lowest BCUT2D eigenvalue weighted by molar-refractivity contribution is 0.102. The van der Waals surface area contributed by atoms with Crippen molar-refractivity contribution in [3.05, 3.63) is 78.1 Å². The van der Waals surface area contributed by atoms with E-state index in [-0.39, 0.29) is 5.91 Å². The summed E-state index contributed by atoms with van der Waals surface area (Å²) in [5, 5.41) is 8.13. The highest BCUT2D eigenvalue weighted by Gasteiger charge is 2.15. The van der Waals surface area contributed by atoms with Gasteiger partial charge in [0.2, 0.25) is 0 Å². The van der Waals surface area contributed by atoms with E-state index < -0.39 is 0 Å². The zero-order valence-electron chi connectivity index (χ0n) is 18.3. The van der Waals surface area contributed by atoms with E-state index in [1.807, 2.05) is 55.7 Å². The zero-order valence-corrected chi connectivity index (χ0v) is 18.3. The van der Waals surface area contributed by atoms with Gasteiger partial charge in [-0.3, -0.25) is 14.4 Å². The van der Waals surface area contributed by atoms with Gasteiger partial charge in [0.15, 0.2) is 0 Å². The monoisotopic (exact) mass is 425 g/mol. The first kappa shape index (κ1) is 20.4. The molecular formula is C26H27N5O. The molecule has 0 aliphatic carbocycles. The number of fused-ring (bicyclic) bond motifs is 1. The Balaban J connectivity index is 1.38. The Kier molecular flexibility index (Phi) is 5.69. The van der Waals surface area contributed by atoms with Crippen LogP contribution < -0.4 is 5.32 Å². The third kappa shape index (κ3) is 4.41. The molecule has 5 rings (SSSR count). The van der Waals surface area contributed by atoms with Crippen LogP contribution in [0.4, 0.5) is 5.69 Å². The van der Waals surface area contributed by atoms with Gasteiger partial charge in [0.25, 0.3) is 5.91 Å². The van der Waals surface area contributed by atoms with Gasteiger partial charge in [-0.25, -0.2) is 4.98 Å². The number of likely N-dealkylation sites (tertiary alicyclic amines) is 1. The molecule has 0 spiro atoms. The second-order valence-electron chi connectivity index (χ2n) is 8.46. The topological polar surface area (TPSA) is 63.1 Å². The van der Waals surface area contributed by atoms with Crippen molar-refractivity contribution < 1.29 is 4.79 Å². The van der Waals surface area contributed by atoms with Crippen molar-refractivity contribution in [1.82, 2.24) is 19.7 Å². The Hall–Kier alpha value is -3.51. The molecule has 1 aliphatic heterocycles. The lowest BCUT2D eigenvalue weighted by Crippen LogP contribution is -2.29. The van der Waals surface area contributed by atoms with Crippen LogP contribution in [0.3, 0.4) is 0 Å². The van der Waals surface area contributed by atoms with Gasteiger partial charge in [0.1, 0.15) is 0 Å². The molecule has 1 fully saturated rings. The molecule has 162 valence electrons. The number of hydrogen-bond donors (Lipinski definition) is 1. The van der Waals surface area contributed by atoms with Crippen LogP contribution in [0.2, 0.25) is 0 Å². The number of carbonyl (C=O) groups is 1. The molecule has 0 radical (unpaired) electrons. The molecule has 6 nitrogen and oxygen atoms in total. The minimum absolute atomic E-state index is 0.141. The van der Waals surface area contributed by atoms with Gasteiger partial charge in [-0.2, -0.15) is 5.10 Å². The van der Waals surface area contributed by atoms with Crippen molar-refractivity contribution in [2.45, 2.75) is 25.8 Å². The van der Waals surface area contributed by atoms with E-state index in [9.17, 15) is 4.79 Å². The predicted molar refractivity (Wildman–Crippen MR) is 127 cm³/mol. The van der Waals surface area contributed by atoms with E-state index in [4.69, 9.17) is 4.98 Å². The van der Waals surface area contributed by atoms with Gasteiger partial charge in [0, 0.05) is 36.4 Å².